The van der Waals surface area contributed by atoms with Gasteiger partial charge in [0.1, 0.15) is 0 Å². The van der Waals surface area contributed by atoms with E-state index in [1.807, 2.05) is 0 Å². The smallest absolute Gasteiger partial charge is 0.423 e. The van der Waals surface area contributed by atoms with Gasteiger partial charge in [-0.25, -0.2) is 0 Å². The molecule has 0 aliphatic heterocycles. The van der Waals surface area contributed by atoms with Crippen LogP contribution in [0.15, 0.2) is 18.2 Å². The quantitative estimate of drug-likeness (QED) is 0.374. The van der Waals surface area contributed by atoms with E-state index in [0.717, 1.165) is 6.07 Å². The van der Waals surface area contributed by atoms with Crippen LogP contribution in [0.4, 0.5) is 5.69 Å². The van der Waals surface area contributed by atoms with Gasteiger partial charge in [-0.05, 0) is 25.7 Å². The van der Waals surface area contributed by atoms with Gasteiger partial charge in [-0.15, -0.1) is 0 Å². The maximum Gasteiger partial charge on any atom is 0.488 e. The van der Waals surface area contributed by atoms with Crippen molar-refractivity contribution in [1.29, 1.82) is 0 Å². The number of nitro benzene ring substituents is 1. The Morgan fingerprint density at radius 3 is 2.47 bits per heavy atom. The Hall–Kier alpha value is -1.44. The maximum absolute atomic E-state index is 10.9. The van der Waals surface area contributed by atoms with Crippen molar-refractivity contribution in [1.82, 2.24) is 0 Å². The largest absolute Gasteiger partial charge is 0.488 e. The fraction of sp³-hybridized carbons (Fsp3) is 0.400. The average Bonchev–Trinajstić information content (AvgIpc) is 2.14. The Labute approximate surface area is 99.4 Å². The molecule has 0 spiro atoms. The summed E-state index contributed by atoms with van der Waals surface area (Å²) in [6, 6.07) is 4.10. The summed E-state index contributed by atoms with van der Waals surface area (Å²) in [6.07, 6.45) is 0.338. The zero-order chi connectivity index (χ0) is 13.2. The lowest BCUT2D eigenvalue weighted by Crippen LogP contribution is -2.35. The molecule has 0 heterocycles. The summed E-state index contributed by atoms with van der Waals surface area (Å²) in [4.78, 5) is 10.3. The molecule has 1 rings (SSSR count). The number of rotatable bonds is 4. The molecule has 0 unspecified atom stereocenters. The molecule has 0 bridgehead atoms. The minimum Gasteiger partial charge on any atom is -0.423 e. The first-order chi connectivity index (χ1) is 7.70. The molecule has 0 aliphatic carbocycles. The average molecular weight is 238 g/mol. The van der Waals surface area contributed by atoms with Crippen LogP contribution < -0.4 is 11.2 Å². The van der Waals surface area contributed by atoms with E-state index in [-0.39, 0.29) is 11.2 Å². The van der Waals surface area contributed by atoms with Crippen LogP contribution in [0.2, 0.25) is 0 Å². The predicted octanol–water partition coefficient (Wildman–Crippen LogP) is -0.446. The first kappa shape index (κ1) is 13.6. The highest BCUT2D eigenvalue weighted by molar-refractivity contribution is 6.58. The lowest BCUT2D eigenvalue weighted by molar-refractivity contribution is -0.385. The molecule has 0 radical (unpaired) electrons. The highest BCUT2D eigenvalue weighted by Crippen LogP contribution is 2.21. The molecule has 0 atom stereocenters. The summed E-state index contributed by atoms with van der Waals surface area (Å²) in [7, 11) is -1.71. The van der Waals surface area contributed by atoms with Gasteiger partial charge >= 0.3 is 7.12 Å². The molecule has 6 nitrogen and oxygen atoms in total. The minimum atomic E-state index is -1.71. The summed E-state index contributed by atoms with van der Waals surface area (Å²) in [5, 5.41) is 28.8. The van der Waals surface area contributed by atoms with E-state index in [4.69, 9.17) is 15.8 Å². The van der Waals surface area contributed by atoms with Crippen LogP contribution in [0.1, 0.15) is 19.4 Å². The van der Waals surface area contributed by atoms with Crippen LogP contribution in [-0.2, 0) is 6.42 Å². The molecule has 0 fully saturated rings. The summed E-state index contributed by atoms with van der Waals surface area (Å²) in [5.41, 5.74) is 5.67. The highest BCUT2D eigenvalue weighted by Gasteiger charge is 2.23. The molecule has 0 aromatic heterocycles. The third-order valence-electron chi connectivity index (χ3n) is 2.25. The minimum absolute atomic E-state index is 0.0928. The first-order valence-electron chi connectivity index (χ1n) is 5.13. The number of nitrogens with two attached hydrogens (primary N) is 1. The standard InChI is InChI=1S/C10H15BN2O4/c1-10(2,12)6-7-3-4-8(11(14)15)5-9(7)13(16)17/h3-5,14-15H,6,12H2,1-2H3. The molecule has 4 N–H and O–H groups in total. The Morgan fingerprint density at radius 1 is 1.47 bits per heavy atom. The molecule has 1 aromatic carbocycles. The Morgan fingerprint density at radius 2 is 2.06 bits per heavy atom. The Balaban J connectivity index is 3.18. The van der Waals surface area contributed by atoms with E-state index < -0.39 is 17.6 Å². The van der Waals surface area contributed by atoms with E-state index >= 15 is 0 Å². The van der Waals surface area contributed by atoms with Crippen LogP contribution in [0.3, 0.4) is 0 Å². The second kappa shape index (κ2) is 4.83. The van der Waals surface area contributed by atoms with Crippen LogP contribution >= 0.6 is 0 Å². The molecule has 0 saturated heterocycles. The number of nitro groups is 1. The SMILES string of the molecule is CC(C)(N)Cc1ccc(B(O)O)cc1[N+](=O)[O-]. The molecule has 7 heteroatoms. The van der Waals surface area contributed by atoms with Gasteiger partial charge in [-0.2, -0.15) is 0 Å². The fourth-order valence-electron chi connectivity index (χ4n) is 1.55. The van der Waals surface area contributed by atoms with Crippen molar-refractivity contribution in [3.63, 3.8) is 0 Å². The zero-order valence-corrected chi connectivity index (χ0v) is 9.75. The van der Waals surface area contributed by atoms with Crippen molar-refractivity contribution in [2.75, 3.05) is 0 Å². The summed E-state index contributed by atoms with van der Waals surface area (Å²) in [5.74, 6) is 0. The second-order valence-electron chi connectivity index (χ2n) is 4.68. The van der Waals surface area contributed by atoms with Gasteiger partial charge in [-0.1, -0.05) is 12.1 Å². The lowest BCUT2D eigenvalue weighted by Gasteiger charge is -2.18. The lowest BCUT2D eigenvalue weighted by atomic mass is 9.79. The molecular formula is C10H15BN2O4. The van der Waals surface area contributed by atoms with Crippen LogP contribution in [0, 0.1) is 10.1 Å². The van der Waals surface area contributed by atoms with Crippen LogP contribution in [-0.4, -0.2) is 27.6 Å². The molecular weight excluding hydrogens is 223 g/mol. The number of hydrogen-bond donors (Lipinski definition) is 3. The summed E-state index contributed by atoms with van der Waals surface area (Å²) in [6.45, 7) is 3.54. The van der Waals surface area contributed by atoms with E-state index in [1.54, 1.807) is 13.8 Å². The van der Waals surface area contributed by atoms with Gasteiger partial charge in [0.05, 0.1) is 4.92 Å². The first-order valence-corrected chi connectivity index (χ1v) is 5.13. The van der Waals surface area contributed by atoms with Crippen molar-refractivity contribution < 1.29 is 15.0 Å². The normalized spacial score (nSPS) is 11.4. The van der Waals surface area contributed by atoms with Crippen molar-refractivity contribution in [2.45, 2.75) is 25.8 Å². The van der Waals surface area contributed by atoms with Gasteiger partial charge in [0.15, 0.2) is 0 Å². The monoisotopic (exact) mass is 238 g/mol. The Kier molecular flexibility index (Phi) is 3.87. The molecule has 0 amide bonds. The van der Waals surface area contributed by atoms with Gasteiger partial charge in [0, 0.05) is 17.2 Å². The number of hydrogen-bond acceptors (Lipinski definition) is 5. The molecule has 0 saturated carbocycles. The Bertz CT molecular complexity index is 429. The molecule has 92 valence electrons. The number of nitrogens with zero attached hydrogens (tertiary/aromatic N) is 1. The molecule has 1 aromatic rings. The van der Waals surface area contributed by atoms with Crippen LogP contribution in [0.5, 0.6) is 0 Å². The van der Waals surface area contributed by atoms with Gasteiger partial charge < -0.3 is 15.8 Å². The number of benzene rings is 1. The fourth-order valence-corrected chi connectivity index (χ4v) is 1.55. The molecule has 17 heavy (non-hydrogen) atoms. The zero-order valence-electron chi connectivity index (χ0n) is 9.75. The van der Waals surface area contributed by atoms with Gasteiger partial charge in [0.2, 0.25) is 0 Å². The van der Waals surface area contributed by atoms with Crippen LogP contribution in [0.25, 0.3) is 0 Å². The second-order valence-corrected chi connectivity index (χ2v) is 4.68. The van der Waals surface area contributed by atoms with Crippen molar-refractivity contribution >= 4 is 18.3 Å². The van der Waals surface area contributed by atoms with Crippen molar-refractivity contribution in [3.05, 3.63) is 33.9 Å². The highest BCUT2D eigenvalue weighted by atomic mass is 16.6. The van der Waals surface area contributed by atoms with Gasteiger partial charge in [0.25, 0.3) is 5.69 Å². The third-order valence-corrected chi connectivity index (χ3v) is 2.25. The van der Waals surface area contributed by atoms with E-state index in [2.05, 4.69) is 0 Å². The molecule has 0 aliphatic rings. The third kappa shape index (κ3) is 3.81. The maximum atomic E-state index is 10.9. The van der Waals surface area contributed by atoms with Gasteiger partial charge in [-0.3, -0.25) is 10.1 Å². The van der Waals surface area contributed by atoms with Crippen molar-refractivity contribution in [3.8, 4) is 0 Å². The predicted molar refractivity (Wildman–Crippen MR) is 64.9 cm³/mol. The van der Waals surface area contributed by atoms with Crippen molar-refractivity contribution in [2.24, 2.45) is 5.73 Å². The summed E-state index contributed by atoms with van der Waals surface area (Å²) >= 11 is 0. The van der Waals surface area contributed by atoms with E-state index in [9.17, 15) is 10.1 Å². The van der Waals surface area contributed by atoms with E-state index in [0.29, 0.717) is 12.0 Å². The topological polar surface area (TPSA) is 110 Å². The van der Waals surface area contributed by atoms with E-state index in [1.165, 1.54) is 12.1 Å². The summed E-state index contributed by atoms with van der Waals surface area (Å²) < 4.78 is 0.